The minimum atomic E-state index is 0.625. The van der Waals surface area contributed by atoms with Crippen LogP contribution >= 0.6 is 0 Å². The number of benzene rings is 7. The molecule has 0 spiro atoms. The summed E-state index contributed by atoms with van der Waals surface area (Å²) in [6.45, 7) is 6.07. The predicted octanol–water partition coefficient (Wildman–Crippen LogP) is 12.0. The standard InChI is InChI=1S/C46H33N3/c1-3-11-35(40-23-20-32-12-4-7-15-36(32)27-40)26-31(2)44-47-45(49-46(48-44)43-25-22-34-14-6-9-17-38(34)29-43)42-19-10-18-39(30-42)41-24-21-33-13-5-8-16-37(33)28-41/h3-30H,1H2,2H3/b31-26+,35-11+. The molecule has 0 radical (unpaired) electrons. The normalized spacial score (nSPS) is 12.1. The Balaban J connectivity index is 1.25. The zero-order chi connectivity index (χ0) is 33.2. The minimum Gasteiger partial charge on any atom is -0.209 e. The molecule has 0 N–H and O–H groups in total. The molecule has 0 unspecified atom stereocenters. The van der Waals surface area contributed by atoms with Crippen molar-refractivity contribution < 1.29 is 0 Å². The maximum Gasteiger partial charge on any atom is 0.164 e. The summed E-state index contributed by atoms with van der Waals surface area (Å²) in [4.78, 5) is 15.2. The van der Waals surface area contributed by atoms with Gasteiger partial charge in [-0.15, -0.1) is 0 Å². The van der Waals surface area contributed by atoms with E-state index in [0.717, 1.165) is 44.3 Å². The molecule has 0 saturated heterocycles. The average Bonchev–Trinajstić information content (AvgIpc) is 3.17. The van der Waals surface area contributed by atoms with Gasteiger partial charge in [-0.3, -0.25) is 0 Å². The second-order valence-corrected chi connectivity index (χ2v) is 12.3. The molecule has 1 aromatic heterocycles. The summed E-state index contributed by atoms with van der Waals surface area (Å²) in [5.74, 6) is 1.89. The molecule has 8 aromatic rings. The van der Waals surface area contributed by atoms with Crippen molar-refractivity contribution in [3.8, 4) is 33.9 Å². The first-order valence-corrected chi connectivity index (χ1v) is 16.5. The molecule has 0 atom stereocenters. The highest BCUT2D eigenvalue weighted by Gasteiger charge is 2.14. The molecule has 49 heavy (non-hydrogen) atoms. The maximum absolute atomic E-state index is 5.09. The second-order valence-electron chi connectivity index (χ2n) is 12.3. The first-order chi connectivity index (χ1) is 24.1. The molecule has 0 aliphatic carbocycles. The summed E-state index contributed by atoms with van der Waals surface area (Å²) in [6, 6.07) is 53.1. The van der Waals surface area contributed by atoms with Crippen LogP contribution in [0.2, 0.25) is 0 Å². The Kier molecular flexibility index (Phi) is 7.93. The second kappa shape index (κ2) is 13.0. The molecular formula is C46H33N3. The number of aromatic nitrogens is 3. The van der Waals surface area contributed by atoms with Gasteiger partial charge in [0, 0.05) is 11.1 Å². The summed E-state index contributed by atoms with van der Waals surface area (Å²) in [6.07, 6.45) is 6.00. The van der Waals surface area contributed by atoms with E-state index in [1.54, 1.807) is 0 Å². The Morgan fingerprint density at radius 1 is 0.469 bits per heavy atom. The van der Waals surface area contributed by atoms with Gasteiger partial charge in [0.1, 0.15) is 0 Å². The number of nitrogens with zero attached hydrogens (tertiary/aromatic N) is 3. The Morgan fingerprint density at radius 3 is 1.59 bits per heavy atom. The Labute approximate surface area is 286 Å². The number of rotatable bonds is 7. The maximum atomic E-state index is 5.09. The van der Waals surface area contributed by atoms with Gasteiger partial charge >= 0.3 is 0 Å². The van der Waals surface area contributed by atoms with E-state index in [0.29, 0.717) is 17.5 Å². The molecule has 8 rings (SSSR count). The molecule has 232 valence electrons. The summed E-state index contributed by atoms with van der Waals surface area (Å²) in [5, 5.41) is 7.14. The lowest BCUT2D eigenvalue weighted by Gasteiger charge is -2.11. The molecule has 3 heteroatoms. The lowest BCUT2D eigenvalue weighted by Crippen LogP contribution is -2.02. The van der Waals surface area contributed by atoms with Crippen LogP contribution in [-0.2, 0) is 0 Å². The molecule has 0 aliphatic heterocycles. The monoisotopic (exact) mass is 627 g/mol. The zero-order valence-corrected chi connectivity index (χ0v) is 27.2. The van der Waals surface area contributed by atoms with E-state index in [1.165, 1.54) is 26.9 Å². The lowest BCUT2D eigenvalue weighted by molar-refractivity contribution is 1.03. The number of hydrogen-bond acceptors (Lipinski definition) is 3. The van der Waals surface area contributed by atoms with Gasteiger partial charge in [0.05, 0.1) is 0 Å². The van der Waals surface area contributed by atoms with E-state index in [2.05, 4.69) is 171 Å². The smallest absolute Gasteiger partial charge is 0.164 e. The van der Waals surface area contributed by atoms with Crippen LogP contribution in [0.25, 0.3) is 77.4 Å². The summed E-state index contributed by atoms with van der Waals surface area (Å²) < 4.78 is 0. The highest BCUT2D eigenvalue weighted by Crippen LogP contribution is 2.31. The summed E-state index contributed by atoms with van der Waals surface area (Å²) in [7, 11) is 0. The number of allylic oxidation sites excluding steroid dienone is 5. The molecule has 7 aromatic carbocycles. The molecule has 3 nitrogen and oxygen atoms in total. The van der Waals surface area contributed by atoms with Gasteiger partial charge in [0.15, 0.2) is 17.5 Å². The highest BCUT2D eigenvalue weighted by atomic mass is 15.0. The van der Waals surface area contributed by atoms with Gasteiger partial charge in [0.25, 0.3) is 0 Å². The number of hydrogen-bond donors (Lipinski definition) is 0. The molecule has 0 fully saturated rings. The van der Waals surface area contributed by atoms with Crippen LogP contribution in [0.4, 0.5) is 0 Å². The average molecular weight is 628 g/mol. The van der Waals surface area contributed by atoms with E-state index in [1.807, 2.05) is 12.2 Å². The molecule has 0 saturated carbocycles. The van der Waals surface area contributed by atoms with E-state index in [9.17, 15) is 0 Å². The highest BCUT2D eigenvalue weighted by molar-refractivity contribution is 5.91. The molecule has 0 amide bonds. The molecular weight excluding hydrogens is 595 g/mol. The van der Waals surface area contributed by atoms with Crippen molar-refractivity contribution in [2.45, 2.75) is 6.92 Å². The van der Waals surface area contributed by atoms with E-state index < -0.39 is 0 Å². The first-order valence-electron chi connectivity index (χ1n) is 16.5. The van der Waals surface area contributed by atoms with Gasteiger partial charge < -0.3 is 0 Å². The molecule has 0 aliphatic rings. The first kappa shape index (κ1) is 29.9. The van der Waals surface area contributed by atoms with Gasteiger partial charge in [0.2, 0.25) is 0 Å². The third-order valence-electron chi connectivity index (χ3n) is 8.95. The predicted molar refractivity (Wildman–Crippen MR) is 207 cm³/mol. The van der Waals surface area contributed by atoms with Crippen molar-refractivity contribution in [1.82, 2.24) is 15.0 Å². The van der Waals surface area contributed by atoms with Crippen LogP contribution in [-0.4, -0.2) is 15.0 Å². The fourth-order valence-electron chi connectivity index (χ4n) is 6.37. The third kappa shape index (κ3) is 6.18. The Hall–Kier alpha value is -6.45. The fraction of sp³-hybridized carbons (Fsp3) is 0.0217. The van der Waals surface area contributed by atoms with Crippen LogP contribution in [0.1, 0.15) is 18.3 Å². The summed E-state index contributed by atoms with van der Waals surface area (Å²) >= 11 is 0. The van der Waals surface area contributed by atoms with Crippen molar-refractivity contribution >= 4 is 43.5 Å². The van der Waals surface area contributed by atoms with Crippen LogP contribution in [0.3, 0.4) is 0 Å². The summed E-state index contributed by atoms with van der Waals surface area (Å²) in [5.41, 5.74) is 7.19. The van der Waals surface area contributed by atoms with Crippen molar-refractivity contribution in [1.29, 1.82) is 0 Å². The number of fused-ring (bicyclic) bond motifs is 3. The van der Waals surface area contributed by atoms with Gasteiger partial charge in [-0.25, -0.2) is 15.0 Å². The largest absolute Gasteiger partial charge is 0.209 e. The molecule has 0 bridgehead atoms. The van der Waals surface area contributed by atoms with Crippen molar-refractivity contribution in [3.05, 3.63) is 188 Å². The van der Waals surface area contributed by atoms with Gasteiger partial charge in [-0.05, 0) is 97.4 Å². The van der Waals surface area contributed by atoms with Crippen LogP contribution in [0.5, 0.6) is 0 Å². The Bertz CT molecular complexity index is 2590. The molecule has 1 heterocycles. The van der Waals surface area contributed by atoms with Crippen molar-refractivity contribution in [2.75, 3.05) is 0 Å². The minimum absolute atomic E-state index is 0.625. The van der Waals surface area contributed by atoms with Crippen LogP contribution < -0.4 is 0 Å². The van der Waals surface area contributed by atoms with Crippen LogP contribution in [0.15, 0.2) is 176 Å². The zero-order valence-electron chi connectivity index (χ0n) is 27.2. The van der Waals surface area contributed by atoms with Gasteiger partial charge in [-0.2, -0.15) is 0 Å². The SMILES string of the molecule is C=C/C=C(\C=C(/C)c1nc(-c2cccc(-c3ccc4ccccc4c3)c2)nc(-c2ccc3ccccc3c2)n1)c1ccc2ccccc2c1. The van der Waals surface area contributed by atoms with E-state index in [-0.39, 0.29) is 0 Å². The van der Waals surface area contributed by atoms with Crippen LogP contribution in [0, 0.1) is 0 Å². The lowest BCUT2D eigenvalue weighted by atomic mass is 9.99. The fourth-order valence-corrected chi connectivity index (χ4v) is 6.37. The van der Waals surface area contributed by atoms with Gasteiger partial charge in [-0.1, -0.05) is 146 Å². The quantitative estimate of drug-likeness (QED) is 0.165. The topological polar surface area (TPSA) is 38.7 Å². The Morgan fingerprint density at radius 2 is 0.959 bits per heavy atom. The van der Waals surface area contributed by atoms with Crippen molar-refractivity contribution in [2.24, 2.45) is 0 Å². The van der Waals surface area contributed by atoms with E-state index in [4.69, 9.17) is 15.0 Å². The third-order valence-corrected chi connectivity index (χ3v) is 8.95. The van der Waals surface area contributed by atoms with Crippen molar-refractivity contribution in [3.63, 3.8) is 0 Å². The van der Waals surface area contributed by atoms with E-state index >= 15 is 0 Å².